The molecule has 0 bridgehead atoms. The molecule has 0 amide bonds. The molecule has 0 atom stereocenters. The zero-order chi connectivity index (χ0) is 12.7. The summed E-state index contributed by atoms with van der Waals surface area (Å²) in [5, 5.41) is 0.896. The Morgan fingerprint density at radius 1 is 1.35 bits per heavy atom. The number of Topliss-reactive ketones (excluding diaryl/α,β-unsaturated/α-hetero) is 1. The third kappa shape index (κ3) is 5.21. The number of ketones is 1. The second-order valence-electron chi connectivity index (χ2n) is 3.80. The van der Waals surface area contributed by atoms with Gasteiger partial charge in [-0.1, -0.05) is 22.0 Å². The van der Waals surface area contributed by atoms with Gasteiger partial charge in [-0.05, 0) is 46.5 Å². The van der Waals surface area contributed by atoms with E-state index >= 15 is 0 Å². The molecule has 0 saturated heterocycles. The van der Waals surface area contributed by atoms with Crippen LogP contribution in [0.1, 0.15) is 24.8 Å². The molecule has 4 heteroatoms. The average Bonchev–Trinajstić information content (AvgIpc) is 2.34. The Hall–Kier alpha value is -0.350. The van der Waals surface area contributed by atoms with Gasteiger partial charge in [0.15, 0.2) is 0 Å². The number of hydrogen-bond acceptors (Lipinski definition) is 2. The molecular formula is C13H16Br2O2. The first-order chi connectivity index (χ1) is 8.17. The van der Waals surface area contributed by atoms with Crippen molar-refractivity contribution < 1.29 is 9.53 Å². The summed E-state index contributed by atoms with van der Waals surface area (Å²) < 4.78 is 6.10. The molecule has 1 aromatic rings. The zero-order valence-corrected chi connectivity index (χ0v) is 13.0. The maximum atomic E-state index is 11.5. The van der Waals surface area contributed by atoms with Gasteiger partial charge in [-0.2, -0.15) is 0 Å². The minimum atomic E-state index is 0.330. The van der Waals surface area contributed by atoms with Gasteiger partial charge in [-0.3, -0.25) is 4.79 Å². The summed E-state index contributed by atoms with van der Waals surface area (Å²) in [5.74, 6) is 1.15. The summed E-state index contributed by atoms with van der Waals surface area (Å²) in [4.78, 5) is 11.5. The van der Waals surface area contributed by atoms with Gasteiger partial charge in [0.2, 0.25) is 0 Å². The minimum absolute atomic E-state index is 0.330. The standard InChI is InChI=1S/C13H16Br2O2/c1-17-13-7-5-10(9-12(13)15)4-6-11(16)3-2-8-14/h5,7,9H,2-4,6,8H2,1H3. The van der Waals surface area contributed by atoms with E-state index in [0.29, 0.717) is 18.6 Å². The van der Waals surface area contributed by atoms with E-state index in [1.54, 1.807) is 7.11 Å². The quantitative estimate of drug-likeness (QED) is 0.680. The molecule has 94 valence electrons. The largest absolute Gasteiger partial charge is 0.496 e. The van der Waals surface area contributed by atoms with E-state index in [-0.39, 0.29) is 0 Å². The smallest absolute Gasteiger partial charge is 0.133 e. The molecular weight excluding hydrogens is 348 g/mol. The van der Waals surface area contributed by atoms with Crippen molar-refractivity contribution in [1.29, 1.82) is 0 Å². The van der Waals surface area contributed by atoms with E-state index in [9.17, 15) is 4.79 Å². The first-order valence-electron chi connectivity index (χ1n) is 5.57. The number of rotatable bonds is 7. The molecule has 0 aromatic heterocycles. The lowest BCUT2D eigenvalue weighted by atomic mass is 10.1. The van der Waals surface area contributed by atoms with Crippen molar-refractivity contribution in [2.75, 3.05) is 12.4 Å². The van der Waals surface area contributed by atoms with E-state index in [2.05, 4.69) is 31.9 Å². The molecule has 0 heterocycles. The molecule has 2 nitrogen and oxygen atoms in total. The maximum Gasteiger partial charge on any atom is 0.133 e. The number of carbonyl (C=O) groups excluding carboxylic acids is 1. The van der Waals surface area contributed by atoms with Crippen LogP contribution in [-0.4, -0.2) is 18.2 Å². The predicted octanol–water partition coefficient (Wildman–Crippen LogP) is 4.13. The third-order valence-electron chi connectivity index (χ3n) is 2.50. The lowest BCUT2D eigenvalue weighted by Crippen LogP contribution is -2.00. The van der Waals surface area contributed by atoms with Gasteiger partial charge in [-0.15, -0.1) is 0 Å². The molecule has 0 aliphatic heterocycles. The van der Waals surface area contributed by atoms with Gasteiger partial charge in [0, 0.05) is 18.2 Å². The van der Waals surface area contributed by atoms with Crippen LogP contribution >= 0.6 is 31.9 Å². The van der Waals surface area contributed by atoms with Gasteiger partial charge in [0.1, 0.15) is 11.5 Å². The highest BCUT2D eigenvalue weighted by molar-refractivity contribution is 9.10. The van der Waals surface area contributed by atoms with Crippen LogP contribution in [-0.2, 0) is 11.2 Å². The Balaban J connectivity index is 2.47. The Kier molecular flexibility index (Phi) is 6.82. The van der Waals surface area contributed by atoms with Gasteiger partial charge in [0.25, 0.3) is 0 Å². The molecule has 1 aromatic carbocycles. The number of ether oxygens (including phenoxy) is 1. The maximum absolute atomic E-state index is 11.5. The molecule has 0 fully saturated rings. The normalized spacial score (nSPS) is 10.3. The summed E-state index contributed by atoms with van der Waals surface area (Å²) in [6.07, 6.45) is 3.00. The van der Waals surface area contributed by atoms with Gasteiger partial charge < -0.3 is 4.74 Å². The van der Waals surface area contributed by atoms with E-state index in [0.717, 1.165) is 34.0 Å². The lowest BCUT2D eigenvalue weighted by molar-refractivity contribution is -0.119. The van der Waals surface area contributed by atoms with E-state index < -0.39 is 0 Å². The van der Waals surface area contributed by atoms with Crippen LogP contribution in [0.2, 0.25) is 0 Å². The summed E-state index contributed by atoms with van der Waals surface area (Å²) in [6, 6.07) is 5.93. The van der Waals surface area contributed by atoms with Gasteiger partial charge in [0.05, 0.1) is 11.6 Å². The van der Waals surface area contributed by atoms with Gasteiger partial charge >= 0.3 is 0 Å². The van der Waals surface area contributed by atoms with E-state index in [1.165, 1.54) is 0 Å². The van der Waals surface area contributed by atoms with Crippen molar-refractivity contribution in [3.63, 3.8) is 0 Å². The first kappa shape index (κ1) is 14.7. The molecule has 0 aliphatic carbocycles. The number of alkyl halides is 1. The number of benzene rings is 1. The highest BCUT2D eigenvalue weighted by Crippen LogP contribution is 2.26. The summed E-state index contributed by atoms with van der Waals surface area (Å²) in [7, 11) is 1.64. The third-order valence-corrected chi connectivity index (χ3v) is 3.68. The van der Waals surface area contributed by atoms with Crippen molar-refractivity contribution in [2.45, 2.75) is 25.7 Å². The molecule has 1 rings (SSSR count). The Labute approximate surface area is 119 Å². The highest BCUT2D eigenvalue weighted by Gasteiger charge is 2.05. The minimum Gasteiger partial charge on any atom is -0.496 e. The van der Waals surface area contributed by atoms with E-state index in [4.69, 9.17) is 4.74 Å². The van der Waals surface area contributed by atoms with Crippen molar-refractivity contribution in [2.24, 2.45) is 0 Å². The summed E-state index contributed by atoms with van der Waals surface area (Å²) in [5.41, 5.74) is 1.16. The molecule has 0 radical (unpaired) electrons. The molecule has 0 spiro atoms. The number of halogens is 2. The second kappa shape index (κ2) is 7.88. The van der Waals surface area contributed by atoms with Gasteiger partial charge in [-0.25, -0.2) is 0 Å². The van der Waals surface area contributed by atoms with Crippen molar-refractivity contribution >= 4 is 37.6 Å². The zero-order valence-electron chi connectivity index (χ0n) is 9.84. The Morgan fingerprint density at radius 3 is 2.71 bits per heavy atom. The number of carbonyl (C=O) groups is 1. The highest BCUT2D eigenvalue weighted by atomic mass is 79.9. The van der Waals surface area contributed by atoms with Crippen LogP contribution in [0.3, 0.4) is 0 Å². The fourth-order valence-electron chi connectivity index (χ4n) is 1.54. The van der Waals surface area contributed by atoms with Crippen molar-refractivity contribution in [3.8, 4) is 5.75 Å². The number of hydrogen-bond donors (Lipinski definition) is 0. The Morgan fingerprint density at radius 2 is 2.12 bits per heavy atom. The number of methoxy groups -OCH3 is 1. The molecule has 0 aliphatic rings. The number of aryl methyl sites for hydroxylation is 1. The monoisotopic (exact) mass is 362 g/mol. The van der Waals surface area contributed by atoms with Crippen LogP contribution in [0.4, 0.5) is 0 Å². The van der Waals surface area contributed by atoms with E-state index in [1.807, 2.05) is 18.2 Å². The molecule has 0 saturated carbocycles. The van der Waals surface area contributed by atoms with Crippen molar-refractivity contribution in [3.05, 3.63) is 28.2 Å². The first-order valence-corrected chi connectivity index (χ1v) is 7.49. The second-order valence-corrected chi connectivity index (χ2v) is 5.45. The fraction of sp³-hybridized carbons (Fsp3) is 0.462. The molecule has 0 N–H and O–H groups in total. The predicted molar refractivity (Wildman–Crippen MR) is 77.1 cm³/mol. The average molecular weight is 364 g/mol. The van der Waals surface area contributed by atoms with Crippen LogP contribution in [0.5, 0.6) is 5.75 Å². The molecule has 17 heavy (non-hydrogen) atoms. The van der Waals surface area contributed by atoms with Crippen LogP contribution in [0.25, 0.3) is 0 Å². The fourth-order valence-corrected chi connectivity index (χ4v) is 2.41. The topological polar surface area (TPSA) is 26.3 Å². The van der Waals surface area contributed by atoms with Crippen LogP contribution in [0, 0.1) is 0 Å². The SMILES string of the molecule is COc1ccc(CCC(=O)CCCBr)cc1Br. The molecule has 0 unspecified atom stereocenters. The van der Waals surface area contributed by atoms with Crippen LogP contribution < -0.4 is 4.74 Å². The lowest BCUT2D eigenvalue weighted by Gasteiger charge is -2.06. The van der Waals surface area contributed by atoms with Crippen LogP contribution in [0.15, 0.2) is 22.7 Å². The van der Waals surface area contributed by atoms with Crippen molar-refractivity contribution in [1.82, 2.24) is 0 Å². The summed E-state index contributed by atoms with van der Waals surface area (Å²) >= 11 is 6.77. The summed E-state index contributed by atoms with van der Waals surface area (Å²) in [6.45, 7) is 0. The Bertz CT molecular complexity index is 378.